The molecule has 1 aromatic carbocycles. The van der Waals surface area contributed by atoms with Crippen molar-refractivity contribution in [3.05, 3.63) is 50.6 Å². The van der Waals surface area contributed by atoms with Crippen LogP contribution in [-0.2, 0) is 13.0 Å². The molecule has 1 N–H and O–H groups in total. The van der Waals surface area contributed by atoms with E-state index in [9.17, 15) is 5.11 Å². The highest BCUT2D eigenvalue weighted by Crippen LogP contribution is 2.29. The summed E-state index contributed by atoms with van der Waals surface area (Å²) < 4.78 is 6.61. The Kier molecular flexibility index (Phi) is 4.59. The third-order valence-corrected chi connectivity index (χ3v) is 3.79. The largest absolute Gasteiger partial charge is 0.492 e. The summed E-state index contributed by atoms with van der Waals surface area (Å²) in [4.78, 5) is 0. The van der Waals surface area contributed by atoms with Crippen molar-refractivity contribution in [1.82, 2.24) is 0 Å². The lowest BCUT2D eigenvalue weighted by molar-refractivity contribution is 0.263. The first kappa shape index (κ1) is 12.6. The number of ether oxygens (including phenoxy) is 1. The molecular formula is C13H13BrO2S. The van der Waals surface area contributed by atoms with Crippen molar-refractivity contribution in [2.24, 2.45) is 0 Å². The fraction of sp³-hybridized carbons (Fsp3) is 0.231. The van der Waals surface area contributed by atoms with Gasteiger partial charge >= 0.3 is 0 Å². The fourth-order valence-corrected chi connectivity index (χ4v) is 2.77. The molecule has 0 aliphatic carbocycles. The van der Waals surface area contributed by atoms with Gasteiger partial charge in [0.1, 0.15) is 5.75 Å². The molecule has 0 amide bonds. The second kappa shape index (κ2) is 6.19. The van der Waals surface area contributed by atoms with Crippen LogP contribution in [0.2, 0.25) is 0 Å². The maximum absolute atomic E-state index is 9.23. The molecular weight excluding hydrogens is 300 g/mol. The molecule has 0 bridgehead atoms. The third-order valence-electron chi connectivity index (χ3n) is 2.44. The van der Waals surface area contributed by atoms with Crippen LogP contribution in [0.3, 0.4) is 0 Å². The van der Waals surface area contributed by atoms with E-state index in [1.807, 2.05) is 18.2 Å². The van der Waals surface area contributed by atoms with E-state index in [-0.39, 0.29) is 6.61 Å². The summed E-state index contributed by atoms with van der Waals surface area (Å²) in [5.74, 6) is 0.741. The first-order valence-electron chi connectivity index (χ1n) is 5.33. The number of rotatable bonds is 5. The van der Waals surface area contributed by atoms with Gasteiger partial charge in [-0.3, -0.25) is 0 Å². The van der Waals surface area contributed by atoms with E-state index in [0.717, 1.165) is 22.2 Å². The Morgan fingerprint density at radius 2 is 2.18 bits per heavy atom. The predicted molar refractivity (Wildman–Crippen MR) is 73.6 cm³/mol. The summed E-state index contributed by atoms with van der Waals surface area (Å²) in [6.45, 7) is 0.611. The Hall–Kier alpha value is -0.840. The van der Waals surface area contributed by atoms with Gasteiger partial charge in [-0.25, -0.2) is 0 Å². The van der Waals surface area contributed by atoms with Crippen molar-refractivity contribution in [2.75, 3.05) is 6.61 Å². The zero-order chi connectivity index (χ0) is 12.1. The molecule has 0 fully saturated rings. The zero-order valence-electron chi connectivity index (χ0n) is 9.23. The smallest absolute Gasteiger partial charge is 0.138 e. The number of para-hydroxylation sites is 1. The predicted octanol–water partition coefficient (Wildman–Crippen LogP) is 3.62. The van der Waals surface area contributed by atoms with E-state index in [1.165, 1.54) is 5.56 Å². The molecule has 0 unspecified atom stereocenters. The number of halogens is 1. The van der Waals surface area contributed by atoms with Gasteiger partial charge in [0, 0.05) is 12.0 Å². The molecule has 0 radical (unpaired) electrons. The van der Waals surface area contributed by atoms with Crippen LogP contribution in [0.1, 0.15) is 11.1 Å². The van der Waals surface area contributed by atoms with E-state index >= 15 is 0 Å². The Morgan fingerprint density at radius 1 is 1.29 bits per heavy atom. The highest BCUT2D eigenvalue weighted by molar-refractivity contribution is 9.10. The molecule has 2 aromatic rings. The van der Waals surface area contributed by atoms with Gasteiger partial charge in [-0.1, -0.05) is 12.1 Å². The van der Waals surface area contributed by atoms with Crippen molar-refractivity contribution < 1.29 is 9.84 Å². The van der Waals surface area contributed by atoms with Crippen molar-refractivity contribution in [3.63, 3.8) is 0 Å². The van der Waals surface area contributed by atoms with Crippen LogP contribution in [0.15, 0.2) is 39.5 Å². The standard InChI is InChI=1S/C13H13BrO2S/c14-12-3-1-2-11(8-15)13(12)16-6-4-10-5-7-17-9-10/h1-3,5,7,9,15H,4,6,8H2. The summed E-state index contributed by atoms with van der Waals surface area (Å²) in [6.07, 6.45) is 0.885. The van der Waals surface area contributed by atoms with Crippen LogP contribution in [0.4, 0.5) is 0 Å². The number of thiophene rings is 1. The van der Waals surface area contributed by atoms with Gasteiger partial charge in [0.05, 0.1) is 17.7 Å². The lowest BCUT2D eigenvalue weighted by atomic mass is 10.2. The molecule has 0 atom stereocenters. The van der Waals surface area contributed by atoms with E-state index < -0.39 is 0 Å². The summed E-state index contributed by atoms with van der Waals surface area (Å²) in [5.41, 5.74) is 2.09. The first-order valence-corrected chi connectivity index (χ1v) is 7.07. The van der Waals surface area contributed by atoms with Crippen LogP contribution >= 0.6 is 27.3 Å². The van der Waals surface area contributed by atoms with Crippen molar-refractivity contribution in [3.8, 4) is 5.75 Å². The van der Waals surface area contributed by atoms with Crippen LogP contribution in [0.25, 0.3) is 0 Å². The topological polar surface area (TPSA) is 29.5 Å². The van der Waals surface area contributed by atoms with Gasteiger partial charge in [0.15, 0.2) is 0 Å². The average molecular weight is 313 g/mol. The molecule has 0 spiro atoms. The third kappa shape index (κ3) is 3.31. The van der Waals surface area contributed by atoms with Crippen LogP contribution in [-0.4, -0.2) is 11.7 Å². The molecule has 0 saturated carbocycles. The summed E-state index contributed by atoms with van der Waals surface area (Å²) in [7, 11) is 0. The summed E-state index contributed by atoms with van der Waals surface area (Å²) in [6, 6.07) is 7.77. The monoisotopic (exact) mass is 312 g/mol. The van der Waals surface area contributed by atoms with Crippen LogP contribution in [0.5, 0.6) is 5.75 Å². The lowest BCUT2D eigenvalue weighted by Crippen LogP contribution is -2.03. The maximum atomic E-state index is 9.23. The number of hydrogen-bond acceptors (Lipinski definition) is 3. The number of aliphatic hydroxyl groups is 1. The quantitative estimate of drug-likeness (QED) is 0.913. The zero-order valence-corrected chi connectivity index (χ0v) is 11.6. The average Bonchev–Trinajstić information content (AvgIpc) is 2.84. The molecule has 0 saturated heterocycles. The Balaban J connectivity index is 1.98. The van der Waals surface area contributed by atoms with Gasteiger partial charge in [-0.2, -0.15) is 11.3 Å². The molecule has 0 aliphatic heterocycles. The highest BCUT2D eigenvalue weighted by atomic mass is 79.9. The second-order valence-corrected chi connectivity index (χ2v) is 5.25. The Bertz CT molecular complexity index is 468. The molecule has 4 heteroatoms. The minimum Gasteiger partial charge on any atom is -0.492 e. The minimum atomic E-state index is -0.00672. The normalized spacial score (nSPS) is 10.5. The van der Waals surface area contributed by atoms with Gasteiger partial charge < -0.3 is 9.84 Å². The van der Waals surface area contributed by atoms with Gasteiger partial charge in [-0.15, -0.1) is 0 Å². The number of hydrogen-bond donors (Lipinski definition) is 1. The molecule has 0 aliphatic rings. The van der Waals surface area contributed by atoms with E-state index in [1.54, 1.807) is 11.3 Å². The van der Waals surface area contributed by atoms with E-state index in [2.05, 4.69) is 32.8 Å². The van der Waals surface area contributed by atoms with Gasteiger partial charge in [0.25, 0.3) is 0 Å². The second-order valence-electron chi connectivity index (χ2n) is 3.62. The minimum absolute atomic E-state index is 0.00672. The lowest BCUT2D eigenvalue weighted by Gasteiger charge is -2.11. The fourth-order valence-electron chi connectivity index (χ4n) is 1.55. The number of benzene rings is 1. The first-order chi connectivity index (χ1) is 8.31. The van der Waals surface area contributed by atoms with E-state index in [4.69, 9.17) is 4.74 Å². The highest BCUT2D eigenvalue weighted by Gasteiger charge is 2.07. The molecule has 1 aromatic heterocycles. The molecule has 2 rings (SSSR count). The summed E-state index contributed by atoms with van der Waals surface area (Å²) in [5, 5.41) is 13.4. The summed E-state index contributed by atoms with van der Waals surface area (Å²) >= 11 is 5.12. The van der Waals surface area contributed by atoms with Crippen LogP contribution in [0, 0.1) is 0 Å². The molecule has 17 heavy (non-hydrogen) atoms. The molecule has 90 valence electrons. The number of aliphatic hydroxyl groups excluding tert-OH is 1. The van der Waals surface area contributed by atoms with E-state index in [0.29, 0.717) is 6.61 Å². The van der Waals surface area contributed by atoms with Crippen molar-refractivity contribution in [1.29, 1.82) is 0 Å². The Labute approximate surface area is 113 Å². The van der Waals surface area contributed by atoms with Gasteiger partial charge in [-0.05, 0) is 44.4 Å². The van der Waals surface area contributed by atoms with Crippen molar-refractivity contribution >= 4 is 27.3 Å². The van der Waals surface area contributed by atoms with Crippen molar-refractivity contribution in [2.45, 2.75) is 13.0 Å². The SMILES string of the molecule is OCc1cccc(Br)c1OCCc1ccsc1. The Morgan fingerprint density at radius 3 is 2.88 bits per heavy atom. The maximum Gasteiger partial charge on any atom is 0.138 e. The van der Waals surface area contributed by atoms with Crippen LogP contribution < -0.4 is 4.74 Å². The molecule has 1 heterocycles. The van der Waals surface area contributed by atoms with Gasteiger partial charge in [0.2, 0.25) is 0 Å². The molecule has 2 nitrogen and oxygen atoms in total.